The van der Waals surface area contributed by atoms with Crippen molar-refractivity contribution in [3.63, 3.8) is 0 Å². The molecule has 0 radical (unpaired) electrons. The van der Waals surface area contributed by atoms with E-state index in [1.165, 1.54) is 0 Å². The van der Waals surface area contributed by atoms with Crippen LogP contribution in [0.2, 0.25) is 5.02 Å². The zero-order valence-corrected chi connectivity index (χ0v) is 11.2. The lowest BCUT2D eigenvalue weighted by molar-refractivity contribution is 0.107. The fourth-order valence-electron chi connectivity index (χ4n) is 1.56. The molecule has 0 saturated carbocycles. The van der Waals surface area contributed by atoms with Gasteiger partial charge in [0.05, 0.1) is 13.3 Å². The summed E-state index contributed by atoms with van der Waals surface area (Å²) in [5.41, 5.74) is 0.640. The van der Waals surface area contributed by atoms with Crippen LogP contribution < -0.4 is 9.47 Å². The normalized spacial score (nSPS) is 11.9. The van der Waals surface area contributed by atoms with Gasteiger partial charge in [-0.3, -0.25) is 4.98 Å². The first-order valence-corrected chi connectivity index (χ1v) is 6.12. The monoisotopic (exact) mass is 279 g/mol. The lowest BCUT2D eigenvalue weighted by atomic mass is 10.2. The molecule has 1 atom stereocenters. The number of aliphatic hydroxyl groups excluding tert-OH is 1. The summed E-state index contributed by atoms with van der Waals surface area (Å²) in [5.74, 6) is 1.21. The molecule has 1 aromatic carbocycles. The molecular formula is C14H14ClNO3. The van der Waals surface area contributed by atoms with Crippen LogP contribution in [0.1, 0.15) is 11.7 Å². The quantitative estimate of drug-likeness (QED) is 0.914. The fourth-order valence-corrected chi connectivity index (χ4v) is 1.74. The van der Waals surface area contributed by atoms with Gasteiger partial charge in [0.25, 0.3) is 0 Å². The average Bonchev–Trinajstić information content (AvgIpc) is 2.45. The number of aromatic nitrogens is 1. The van der Waals surface area contributed by atoms with Gasteiger partial charge in [-0.2, -0.15) is 0 Å². The maximum Gasteiger partial charge on any atom is 0.137 e. The number of ether oxygens (including phenoxy) is 2. The minimum atomic E-state index is -0.776. The number of rotatable bonds is 5. The zero-order valence-electron chi connectivity index (χ0n) is 10.4. The van der Waals surface area contributed by atoms with Gasteiger partial charge in [0.15, 0.2) is 0 Å². The molecule has 5 heteroatoms. The Balaban J connectivity index is 1.99. The Hall–Kier alpha value is -1.78. The highest BCUT2D eigenvalue weighted by atomic mass is 35.5. The molecule has 1 heterocycles. The standard InChI is InChI=1S/C14H14ClNO3/c1-18-13-5-10(7-16-8-13)14(17)9-19-12-4-2-3-11(15)6-12/h2-8,14,17H,9H2,1H3. The van der Waals surface area contributed by atoms with E-state index in [9.17, 15) is 5.11 Å². The summed E-state index contributed by atoms with van der Waals surface area (Å²) >= 11 is 5.85. The van der Waals surface area contributed by atoms with Crippen molar-refractivity contribution in [2.75, 3.05) is 13.7 Å². The summed E-state index contributed by atoms with van der Waals surface area (Å²) in [4.78, 5) is 3.98. The minimum absolute atomic E-state index is 0.120. The van der Waals surface area contributed by atoms with Crippen LogP contribution in [0.5, 0.6) is 11.5 Å². The van der Waals surface area contributed by atoms with Gasteiger partial charge in [0, 0.05) is 16.8 Å². The summed E-state index contributed by atoms with van der Waals surface area (Å²) in [6.07, 6.45) is 2.38. The second kappa shape index (κ2) is 6.41. The average molecular weight is 280 g/mol. The smallest absolute Gasteiger partial charge is 0.137 e. The van der Waals surface area contributed by atoms with Gasteiger partial charge in [-0.15, -0.1) is 0 Å². The number of hydrogen-bond donors (Lipinski definition) is 1. The summed E-state index contributed by atoms with van der Waals surface area (Å²) in [7, 11) is 1.55. The van der Waals surface area contributed by atoms with E-state index in [0.29, 0.717) is 22.1 Å². The van der Waals surface area contributed by atoms with Crippen LogP contribution in [0.25, 0.3) is 0 Å². The van der Waals surface area contributed by atoms with Crippen molar-refractivity contribution in [1.29, 1.82) is 0 Å². The van der Waals surface area contributed by atoms with Crippen molar-refractivity contribution >= 4 is 11.6 Å². The van der Waals surface area contributed by atoms with Gasteiger partial charge >= 0.3 is 0 Å². The highest BCUT2D eigenvalue weighted by Crippen LogP contribution is 2.21. The van der Waals surface area contributed by atoms with E-state index in [4.69, 9.17) is 21.1 Å². The van der Waals surface area contributed by atoms with Crippen LogP contribution in [0.4, 0.5) is 0 Å². The largest absolute Gasteiger partial charge is 0.495 e. The first kappa shape index (κ1) is 13.6. The van der Waals surface area contributed by atoms with Crippen molar-refractivity contribution in [1.82, 2.24) is 4.98 Å². The van der Waals surface area contributed by atoms with Crippen LogP contribution in [0.15, 0.2) is 42.7 Å². The van der Waals surface area contributed by atoms with E-state index < -0.39 is 6.10 Å². The second-order valence-electron chi connectivity index (χ2n) is 3.94. The Labute approximate surface area is 116 Å². The molecule has 0 amide bonds. The molecule has 100 valence electrons. The maximum absolute atomic E-state index is 10.0. The Morgan fingerprint density at radius 3 is 2.84 bits per heavy atom. The third kappa shape index (κ3) is 3.84. The van der Waals surface area contributed by atoms with Gasteiger partial charge in [-0.25, -0.2) is 0 Å². The van der Waals surface area contributed by atoms with E-state index >= 15 is 0 Å². The third-order valence-electron chi connectivity index (χ3n) is 2.56. The molecule has 1 unspecified atom stereocenters. The van der Waals surface area contributed by atoms with E-state index in [-0.39, 0.29) is 6.61 Å². The van der Waals surface area contributed by atoms with Crippen molar-refractivity contribution in [2.45, 2.75) is 6.10 Å². The first-order valence-electron chi connectivity index (χ1n) is 5.74. The number of methoxy groups -OCH3 is 1. The van der Waals surface area contributed by atoms with Gasteiger partial charge in [-0.05, 0) is 24.3 Å². The van der Waals surface area contributed by atoms with Crippen LogP contribution in [0.3, 0.4) is 0 Å². The number of pyridine rings is 1. The Morgan fingerprint density at radius 2 is 2.11 bits per heavy atom. The molecule has 1 N–H and O–H groups in total. The number of halogens is 1. The minimum Gasteiger partial charge on any atom is -0.495 e. The summed E-state index contributed by atoms with van der Waals surface area (Å²) in [6.45, 7) is 0.120. The van der Waals surface area contributed by atoms with Gasteiger partial charge < -0.3 is 14.6 Å². The lowest BCUT2D eigenvalue weighted by Gasteiger charge is -2.13. The van der Waals surface area contributed by atoms with Crippen molar-refractivity contribution in [3.8, 4) is 11.5 Å². The summed E-state index contributed by atoms with van der Waals surface area (Å²) in [6, 6.07) is 8.74. The van der Waals surface area contributed by atoms with Crippen molar-refractivity contribution < 1.29 is 14.6 Å². The Kier molecular flexibility index (Phi) is 4.60. The molecule has 0 aliphatic rings. The van der Waals surface area contributed by atoms with Crippen LogP contribution in [0, 0.1) is 0 Å². The molecule has 2 rings (SSSR count). The molecule has 0 saturated heterocycles. The predicted molar refractivity (Wildman–Crippen MR) is 72.7 cm³/mol. The van der Waals surface area contributed by atoms with Crippen molar-refractivity contribution in [3.05, 3.63) is 53.3 Å². The Bertz CT molecular complexity index is 548. The molecule has 2 aromatic rings. The molecular weight excluding hydrogens is 266 g/mol. The summed E-state index contributed by atoms with van der Waals surface area (Å²) < 4.78 is 10.5. The number of benzene rings is 1. The van der Waals surface area contributed by atoms with Crippen LogP contribution >= 0.6 is 11.6 Å². The van der Waals surface area contributed by atoms with Gasteiger partial charge in [0.2, 0.25) is 0 Å². The molecule has 1 aromatic heterocycles. The topological polar surface area (TPSA) is 51.6 Å². The summed E-state index contributed by atoms with van der Waals surface area (Å²) in [5, 5.41) is 10.6. The van der Waals surface area contributed by atoms with E-state index in [0.717, 1.165) is 0 Å². The molecule has 0 aliphatic carbocycles. The highest BCUT2D eigenvalue weighted by Gasteiger charge is 2.10. The second-order valence-corrected chi connectivity index (χ2v) is 4.38. The molecule has 0 spiro atoms. The fraction of sp³-hybridized carbons (Fsp3) is 0.214. The number of hydrogen-bond acceptors (Lipinski definition) is 4. The third-order valence-corrected chi connectivity index (χ3v) is 2.79. The van der Waals surface area contributed by atoms with Crippen molar-refractivity contribution in [2.24, 2.45) is 0 Å². The zero-order chi connectivity index (χ0) is 13.7. The lowest BCUT2D eigenvalue weighted by Crippen LogP contribution is -2.10. The van der Waals surface area contributed by atoms with E-state index in [2.05, 4.69) is 4.98 Å². The predicted octanol–water partition coefficient (Wildman–Crippen LogP) is 2.86. The number of nitrogens with zero attached hydrogens (tertiary/aromatic N) is 1. The van der Waals surface area contributed by atoms with Crippen LogP contribution in [-0.4, -0.2) is 23.8 Å². The molecule has 0 bridgehead atoms. The molecule has 0 fully saturated rings. The van der Waals surface area contributed by atoms with Crippen LogP contribution in [-0.2, 0) is 0 Å². The highest BCUT2D eigenvalue weighted by molar-refractivity contribution is 6.30. The van der Waals surface area contributed by atoms with Gasteiger partial charge in [-0.1, -0.05) is 17.7 Å². The number of aliphatic hydroxyl groups is 1. The molecule has 19 heavy (non-hydrogen) atoms. The van der Waals surface area contributed by atoms with E-state index in [1.807, 2.05) is 0 Å². The molecule has 4 nitrogen and oxygen atoms in total. The maximum atomic E-state index is 10.0. The first-order chi connectivity index (χ1) is 9.19. The Morgan fingerprint density at radius 1 is 1.26 bits per heavy atom. The van der Waals surface area contributed by atoms with Gasteiger partial charge in [0.1, 0.15) is 24.2 Å². The SMILES string of the molecule is COc1cncc(C(O)COc2cccc(Cl)c2)c1. The van der Waals surface area contributed by atoms with E-state index in [1.54, 1.807) is 49.8 Å². The molecule has 0 aliphatic heterocycles.